The van der Waals surface area contributed by atoms with Crippen LogP contribution in [0.15, 0.2) is 18.2 Å². The third-order valence-electron chi connectivity index (χ3n) is 3.02. The number of halogens is 1. The van der Waals surface area contributed by atoms with Crippen molar-refractivity contribution in [3.8, 4) is 0 Å². The molecule has 1 aliphatic rings. The van der Waals surface area contributed by atoms with Gasteiger partial charge in [-0.05, 0) is 43.0 Å². The molecular formula is C11H14FN. The molecule has 0 atom stereocenters. The topological polar surface area (TPSA) is 26.0 Å². The summed E-state index contributed by atoms with van der Waals surface area (Å²) < 4.78 is 13.0. The zero-order valence-electron chi connectivity index (χ0n) is 7.81. The number of hydrogen-bond acceptors (Lipinski definition) is 1. The summed E-state index contributed by atoms with van der Waals surface area (Å²) in [6, 6.07) is 4.97. The lowest BCUT2D eigenvalue weighted by atomic mass is 9.92. The second kappa shape index (κ2) is 2.81. The number of benzene rings is 1. The lowest BCUT2D eigenvalue weighted by molar-refractivity contribution is 0.614. The van der Waals surface area contributed by atoms with Gasteiger partial charge in [0.25, 0.3) is 0 Å². The molecule has 1 saturated carbocycles. The summed E-state index contributed by atoms with van der Waals surface area (Å²) in [6.45, 7) is 2.65. The summed E-state index contributed by atoms with van der Waals surface area (Å²) in [5.41, 5.74) is 8.06. The van der Waals surface area contributed by atoms with Gasteiger partial charge in [-0.25, -0.2) is 4.39 Å². The quantitative estimate of drug-likeness (QED) is 0.739. The van der Waals surface area contributed by atoms with Crippen molar-refractivity contribution >= 4 is 0 Å². The van der Waals surface area contributed by atoms with Gasteiger partial charge in [-0.3, -0.25) is 0 Å². The number of nitrogens with two attached hydrogens (primary N) is 1. The van der Waals surface area contributed by atoms with E-state index in [9.17, 15) is 4.39 Å². The van der Waals surface area contributed by atoms with E-state index >= 15 is 0 Å². The monoisotopic (exact) mass is 179 g/mol. The summed E-state index contributed by atoms with van der Waals surface area (Å²) in [7, 11) is 0. The Kier molecular flexibility index (Phi) is 1.88. The van der Waals surface area contributed by atoms with Crippen molar-refractivity contribution in [1.29, 1.82) is 0 Å². The molecule has 1 aromatic carbocycles. The van der Waals surface area contributed by atoms with Crippen molar-refractivity contribution < 1.29 is 4.39 Å². The van der Waals surface area contributed by atoms with E-state index in [1.54, 1.807) is 6.07 Å². The van der Waals surface area contributed by atoms with Gasteiger partial charge in [0.2, 0.25) is 0 Å². The van der Waals surface area contributed by atoms with Gasteiger partial charge >= 0.3 is 0 Å². The number of aryl methyl sites for hydroxylation is 1. The molecule has 1 fully saturated rings. The van der Waals surface area contributed by atoms with E-state index in [4.69, 9.17) is 5.73 Å². The molecular weight excluding hydrogens is 165 g/mol. The van der Waals surface area contributed by atoms with Crippen LogP contribution in [0.2, 0.25) is 0 Å². The van der Waals surface area contributed by atoms with E-state index in [-0.39, 0.29) is 11.2 Å². The summed E-state index contributed by atoms with van der Waals surface area (Å²) in [6.07, 6.45) is 2.21. The van der Waals surface area contributed by atoms with Crippen molar-refractivity contribution in [2.45, 2.75) is 25.2 Å². The maximum Gasteiger partial charge on any atom is 0.123 e. The minimum Gasteiger partial charge on any atom is -0.330 e. The van der Waals surface area contributed by atoms with Crippen LogP contribution in [0.1, 0.15) is 24.0 Å². The van der Waals surface area contributed by atoms with Crippen molar-refractivity contribution in [2.24, 2.45) is 5.73 Å². The summed E-state index contributed by atoms with van der Waals surface area (Å²) in [5, 5.41) is 0. The third-order valence-corrected chi connectivity index (χ3v) is 3.02. The molecule has 1 nitrogen and oxygen atoms in total. The maximum atomic E-state index is 13.0. The summed E-state index contributed by atoms with van der Waals surface area (Å²) in [4.78, 5) is 0. The molecule has 1 aliphatic carbocycles. The van der Waals surface area contributed by atoms with Crippen LogP contribution in [0.25, 0.3) is 0 Å². The molecule has 0 aliphatic heterocycles. The normalized spacial score (nSPS) is 18.7. The van der Waals surface area contributed by atoms with Gasteiger partial charge < -0.3 is 5.73 Å². The molecule has 0 unspecified atom stereocenters. The Morgan fingerprint density at radius 1 is 1.46 bits per heavy atom. The van der Waals surface area contributed by atoms with E-state index in [1.165, 1.54) is 6.07 Å². The zero-order valence-corrected chi connectivity index (χ0v) is 7.81. The fraction of sp³-hybridized carbons (Fsp3) is 0.455. The van der Waals surface area contributed by atoms with Crippen molar-refractivity contribution in [3.63, 3.8) is 0 Å². The van der Waals surface area contributed by atoms with Gasteiger partial charge in [-0.15, -0.1) is 0 Å². The first-order valence-corrected chi connectivity index (χ1v) is 4.65. The van der Waals surface area contributed by atoms with Crippen LogP contribution in [0, 0.1) is 12.7 Å². The summed E-state index contributed by atoms with van der Waals surface area (Å²) >= 11 is 0. The first-order chi connectivity index (χ1) is 6.18. The molecule has 0 spiro atoms. The van der Waals surface area contributed by atoms with Crippen molar-refractivity contribution in [1.82, 2.24) is 0 Å². The Hall–Kier alpha value is -0.890. The van der Waals surface area contributed by atoms with Crippen molar-refractivity contribution in [3.05, 3.63) is 35.1 Å². The van der Waals surface area contributed by atoms with Crippen LogP contribution in [0.3, 0.4) is 0 Å². The molecule has 2 rings (SSSR count). The first kappa shape index (κ1) is 8.70. The predicted molar refractivity (Wildman–Crippen MR) is 51.1 cm³/mol. The standard InChI is InChI=1S/C11H14FN/c1-8-2-3-9(12)6-10(8)11(7-13)4-5-11/h2-3,6H,4-5,7,13H2,1H3. The number of rotatable bonds is 2. The Bertz CT molecular complexity index is 329. The average molecular weight is 179 g/mol. The molecule has 0 bridgehead atoms. The van der Waals surface area contributed by atoms with Crippen LogP contribution >= 0.6 is 0 Å². The van der Waals surface area contributed by atoms with Gasteiger partial charge in [0.1, 0.15) is 5.82 Å². The molecule has 2 N–H and O–H groups in total. The van der Waals surface area contributed by atoms with E-state index in [1.807, 2.05) is 13.0 Å². The molecule has 70 valence electrons. The fourth-order valence-electron chi connectivity index (χ4n) is 1.90. The van der Waals surface area contributed by atoms with Crippen LogP contribution in [-0.4, -0.2) is 6.54 Å². The lowest BCUT2D eigenvalue weighted by Gasteiger charge is -2.15. The maximum absolute atomic E-state index is 13.0. The van der Waals surface area contributed by atoms with Gasteiger partial charge in [-0.2, -0.15) is 0 Å². The minimum atomic E-state index is -0.152. The molecule has 1 aromatic rings. The molecule has 0 heterocycles. The van der Waals surface area contributed by atoms with E-state index in [0.717, 1.165) is 24.0 Å². The summed E-state index contributed by atoms with van der Waals surface area (Å²) in [5.74, 6) is -0.152. The smallest absolute Gasteiger partial charge is 0.123 e. The van der Waals surface area contributed by atoms with Crippen LogP contribution in [-0.2, 0) is 5.41 Å². The van der Waals surface area contributed by atoms with Gasteiger partial charge in [0.15, 0.2) is 0 Å². The lowest BCUT2D eigenvalue weighted by Crippen LogP contribution is -2.20. The van der Waals surface area contributed by atoms with E-state index in [0.29, 0.717) is 6.54 Å². The molecule has 0 radical (unpaired) electrons. The molecule has 0 aromatic heterocycles. The van der Waals surface area contributed by atoms with E-state index in [2.05, 4.69) is 0 Å². The van der Waals surface area contributed by atoms with Gasteiger partial charge in [-0.1, -0.05) is 6.07 Å². The highest BCUT2D eigenvalue weighted by Crippen LogP contribution is 2.48. The first-order valence-electron chi connectivity index (χ1n) is 4.65. The van der Waals surface area contributed by atoms with Crippen LogP contribution < -0.4 is 5.73 Å². The van der Waals surface area contributed by atoms with E-state index < -0.39 is 0 Å². The highest BCUT2D eigenvalue weighted by atomic mass is 19.1. The van der Waals surface area contributed by atoms with Gasteiger partial charge in [0, 0.05) is 12.0 Å². The Morgan fingerprint density at radius 3 is 2.69 bits per heavy atom. The second-order valence-electron chi connectivity index (χ2n) is 3.94. The Labute approximate surface area is 77.8 Å². The molecule has 0 saturated heterocycles. The highest BCUT2D eigenvalue weighted by molar-refractivity contribution is 5.38. The zero-order chi connectivity index (χ0) is 9.47. The molecule has 2 heteroatoms. The van der Waals surface area contributed by atoms with Crippen LogP contribution in [0.5, 0.6) is 0 Å². The average Bonchev–Trinajstić information content (AvgIpc) is 2.90. The highest BCUT2D eigenvalue weighted by Gasteiger charge is 2.43. The predicted octanol–water partition coefficient (Wildman–Crippen LogP) is 2.12. The van der Waals surface area contributed by atoms with Gasteiger partial charge in [0.05, 0.1) is 0 Å². The largest absolute Gasteiger partial charge is 0.330 e. The molecule has 0 amide bonds. The Balaban J connectivity index is 2.44. The third kappa shape index (κ3) is 1.35. The van der Waals surface area contributed by atoms with Crippen molar-refractivity contribution in [2.75, 3.05) is 6.54 Å². The fourth-order valence-corrected chi connectivity index (χ4v) is 1.90. The second-order valence-corrected chi connectivity index (χ2v) is 3.94. The minimum absolute atomic E-state index is 0.103. The Morgan fingerprint density at radius 2 is 2.15 bits per heavy atom. The van der Waals surface area contributed by atoms with Crippen LogP contribution in [0.4, 0.5) is 4.39 Å². The SMILES string of the molecule is Cc1ccc(F)cc1C1(CN)CC1. The number of hydrogen-bond donors (Lipinski definition) is 1. The molecule has 13 heavy (non-hydrogen) atoms.